The molecule has 1 heterocycles. The van der Waals surface area contributed by atoms with Crippen LogP contribution < -0.4 is 4.74 Å². The zero-order valence-electron chi connectivity index (χ0n) is 14.7. The smallest absolute Gasteiger partial charge is 0.429 e. The van der Waals surface area contributed by atoms with Crippen LogP contribution in [0.25, 0.3) is 0 Å². The van der Waals surface area contributed by atoms with E-state index in [0.717, 1.165) is 6.42 Å². The molecule has 0 aliphatic carbocycles. The summed E-state index contributed by atoms with van der Waals surface area (Å²) in [6.45, 7) is 2.55. The van der Waals surface area contributed by atoms with E-state index >= 15 is 0 Å². The topological polar surface area (TPSA) is 27.7 Å². The zero-order valence-corrected chi connectivity index (χ0v) is 14.7. The van der Waals surface area contributed by atoms with Gasteiger partial charge in [0, 0.05) is 17.5 Å². The maximum absolute atomic E-state index is 14.3. The average molecular weight is 406 g/mol. The van der Waals surface area contributed by atoms with Crippen molar-refractivity contribution >= 4 is 0 Å². The molecule has 152 valence electrons. The van der Waals surface area contributed by atoms with Crippen LogP contribution in [0.5, 0.6) is 5.75 Å². The third kappa shape index (κ3) is 4.25. The van der Waals surface area contributed by atoms with E-state index in [1.807, 2.05) is 6.92 Å². The highest BCUT2D eigenvalue weighted by atomic mass is 19.3. The van der Waals surface area contributed by atoms with Gasteiger partial charge in [0.2, 0.25) is 0 Å². The lowest BCUT2D eigenvalue weighted by molar-refractivity contribution is -0.206. The van der Waals surface area contributed by atoms with Crippen LogP contribution in [-0.2, 0) is 15.6 Å². The molecule has 0 saturated carbocycles. The largest absolute Gasteiger partial charge is 0.432 e. The van der Waals surface area contributed by atoms with E-state index < -0.39 is 47.0 Å². The third-order valence-electron chi connectivity index (χ3n) is 4.31. The lowest BCUT2D eigenvalue weighted by Gasteiger charge is -2.29. The van der Waals surface area contributed by atoms with Crippen molar-refractivity contribution in [1.29, 1.82) is 0 Å². The Morgan fingerprint density at radius 2 is 1.54 bits per heavy atom. The van der Waals surface area contributed by atoms with Crippen LogP contribution in [-0.4, -0.2) is 13.2 Å². The Labute approximate surface area is 156 Å². The SMILES string of the molecule is CCC1COC(c2cc(F)c(C(F)(F)Oc3ccc(F)c(F)c3)c(F)c2)OC1. The highest BCUT2D eigenvalue weighted by molar-refractivity contribution is 5.31. The Balaban J connectivity index is 1.84. The van der Waals surface area contributed by atoms with E-state index in [1.54, 1.807) is 0 Å². The number of hydrogen-bond donors (Lipinski definition) is 0. The van der Waals surface area contributed by atoms with Gasteiger partial charge in [-0.25, -0.2) is 17.6 Å². The van der Waals surface area contributed by atoms with E-state index in [9.17, 15) is 26.3 Å². The monoisotopic (exact) mass is 406 g/mol. The standard InChI is InChI=1S/C19H16F6O3/c1-2-10-8-26-18(27-9-10)11-5-15(22)17(16(23)6-11)19(24,25)28-12-3-4-13(20)14(21)7-12/h3-7,10,18H,2,8-9H2,1H3. The van der Waals surface area contributed by atoms with Gasteiger partial charge in [0.25, 0.3) is 0 Å². The summed E-state index contributed by atoms with van der Waals surface area (Å²) in [7, 11) is 0. The quantitative estimate of drug-likeness (QED) is 0.619. The van der Waals surface area contributed by atoms with Gasteiger partial charge in [0.1, 0.15) is 22.9 Å². The second kappa shape index (κ2) is 8.00. The van der Waals surface area contributed by atoms with Crippen LogP contribution in [0.4, 0.5) is 26.3 Å². The molecule has 0 radical (unpaired) electrons. The summed E-state index contributed by atoms with van der Waals surface area (Å²) in [5, 5.41) is 0. The van der Waals surface area contributed by atoms with E-state index in [1.165, 1.54) is 0 Å². The molecule has 0 aromatic heterocycles. The molecule has 1 saturated heterocycles. The van der Waals surface area contributed by atoms with Crippen LogP contribution in [0, 0.1) is 29.2 Å². The molecule has 1 aliphatic heterocycles. The van der Waals surface area contributed by atoms with Crippen molar-refractivity contribution in [3.8, 4) is 5.75 Å². The van der Waals surface area contributed by atoms with Gasteiger partial charge in [-0.1, -0.05) is 6.92 Å². The molecular weight excluding hydrogens is 390 g/mol. The summed E-state index contributed by atoms with van der Waals surface area (Å²) in [5.74, 6) is -6.56. The van der Waals surface area contributed by atoms with Crippen molar-refractivity contribution in [3.05, 3.63) is 64.7 Å². The molecule has 2 aromatic carbocycles. The lowest BCUT2D eigenvalue weighted by atomic mass is 10.1. The summed E-state index contributed by atoms with van der Waals surface area (Å²) in [4.78, 5) is 0. The average Bonchev–Trinajstić information content (AvgIpc) is 2.63. The van der Waals surface area contributed by atoms with Gasteiger partial charge in [-0.2, -0.15) is 8.78 Å². The van der Waals surface area contributed by atoms with Gasteiger partial charge in [-0.3, -0.25) is 0 Å². The number of hydrogen-bond acceptors (Lipinski definition) is 3. The molecule has 1 fully saturated rings. The van der Waals surface area contributed by atoms with Crippen LogP contribution in [0.15, 0.2) is 30.3 Å². The Morgan fingerprint density at radius 1 is 0.929 bits per heavy atom. The molecule has 0 N–H and O–H groups in total. The molecule has 0 amide bonds. The lowest BCUT2D eigenvalue weighted by Crippen LogP contribution is -2.28. The van der Waals surface area contributed by atoms with Gasteiger partial charge in [-0.15, -0.1) is 0 Å². The van der Waals surface area contributed by atoms with E-state index in [-0.39, 0.29) is 11.5 Å². The first-order valence-corrected chi connectivity index (χ1v) is 8.45. The van der Waals surface area contributed by atoms with E-state index in [4.69, 9.17) is 9.47 Å². The minimum absolute atomic E-state index is 0.100. The van der Waals surface area contributed by atoms with Gasteiger partial charge >= 0.3 is 6.11 Å². The van der Waals surface area contributed by atoms with Crippen molar-refractivity contribution in [3.63, 3.8) is 0 Å². The van der Waals surface area contributed by atoms with Gasteiger partial charge in [0.05, 0.1) is 13.2 Å². The predicted molar refractivity (Wildman–Crippen MR) is 85.7 cm³/mol. The second-order valence-corrected chi connectivity index (χ2v) is 6.33. The maximum atomic E-state index is 14.3. The number of halogens is 6. The van der Waals surface area contributed by atoms with Crippen molar-refractivity contribution in [2.45, 2.75) is 25.7 Å². The molecule has 2 aromatic rings. The second-order valence-electron chi connectivity index (χ2n) is 6.33. The first-order chi connectivity index (χ1) is 13.2. The molecule has 3 nitrogen and oxygen atoms in total. The first-order valence-electron chi connectivity index (χ1n) is 8.45. The number of alkyl halides is 2. The molecular formula is C19H16F6O3. The zero-order chi connectivity index (χ0) is 20.5. The molecule has 0 atom stereocenters. The number of ether oxygens (including phenoxy) is 3. The Bertz CT molecular complexity index is 827. The Morgan fingerprint density at radius 3 is 2.07 bits per heavy atom. The van der Waals surface area contributed by atoms with E-state index in [2.05, 4.69) is 4.74 Å². The van der Waals surface area contributed by atoms with Crippen molar-refractivity contribution < 1.29 is 40.6 Å². The molecule has 0 spiro atoms. The maximum Gasteiger partial charge on any atom is 0.432 e. The van der Waals surface area contributed by atoms with Crippen LogP contribution in [0.3, 0.4) is 0 Å². The number of rotatable bonds is 5. The molecule has 0 unspecified atom stereocenters. The highest BCUT2D eigenvalue weighted by Gasteiger charge is 2.42. The van der Waals surface area contributed by atoms with E-state index in [0.29, 0.717) is 43.5 Å². The summed E-state index contributed by atoms with van der Waals surface area (Å²) in [5.41, 5.74) is -1.76. The molecule has 28 heavy (non-hydrogen) atoms. The first kappa shape index (κ1) is 20.5. The minimum Gasteiger partial charge on any atom is -0.429 e. The van der Waals surface area contributed by atoms with Gasteiger partial charge in [0.15, 0.2) is 17.9 Å². The molecule has 9 heteroatoms. The third-order valence-corrected chi connectivity index (χ3v) is 4.31. The summed E-state index contributed by atoms with van der Waals surface area (Å²) >= 11 is 0. The van der Waals surface area contributed by atoms with Gasteiger partial charge in [-0.05, 0) is 30.7 Å². The Kier molecular flexibility index (Phi) is 5.85. The predicted octanol–water partition coefficient (Wildman–Crippen LogP) is 5.44. The summed E-state index contributed by atoms with van der Waals surface area (Å²) in [6, 6.07) is 2.94. The molecule has 0 bridgehead atoms. The highest BCUT2D eigenvalue weighted by Crippen LogP contribution is 2.37. The van der Waals surface area contributed by atoms with Crippen molar-refractivity contribution in [1.82, 2.24) is 0 Å². The van der Waals surface area contributed by atoms with Crippen molar-refractivity contribution in [2.24, 2.45) is 5.92 Å². The van der Waals surface area contributed by atoms with Crippen LogP contribution in [0.2, 0.25) is 0 Å². The molecule has 3 rings (SSSR count). The summed E-state index contributed by atoms with van der Waals surface area (Å²) in [6.07, 6.45) is -4.76. The van der Waals surface area contributed by atoms with Crippen molar-refractivity contribution in [2.75, 3.05) is 13.2 Å². The summed E-state index contributed by atoms with van der Waals surface area (Å²) < 4.78 is 98.2. The fraction of sp³-hybridized carbons (Fsp3) is 0.368. The Hall–Kier alpha value is -2.26. The minimum atomic E-state index is -4.47. The fourth-order valence-electron chi connectivity index (χ4n) is 2.72. The van der Waals surface area contributed by atoms with Gasteiger partial charge < -0.3 is 14.2 Å². The van der Waals surface area contributed by atoms with Crippen LogP contribution in [0.1, 0.15) is 30.8 Å². The number of benzene rings is 2. The normalized spacial score (nSPS) is 20.2. The van der Waals surface area contributed by atoms with Crippen LogP contribution >= 0.6 is 0 Å². The molecule has 1 aliphatic rings. The fourth-order valence-corrected chi connectivity index (χ4v) is 2.72.